The van der Waals surface area contributed by atoms with Crippen LogP contribution in [-0.2, 0) is 0 Å². The van der Waals surface area contributed by atoms with Crippen LogP contribution in [0.25, 0.3) is 0 Å². The number of carbonyl (C=O) groups is 1. The van der Waals surface area contributed by atoms with Gasteiger partial charge in [-0.05, 0) is 30.3 Å². The Bertz CT molecular complexity index is 759. The number of rotatable bonds is 4. The van der Waals surface area contributed by atoms with Crippen LogP contribution in [-0.4, -0.2) is 12.6 Å². The molecule has 0 saturated heterocycles. The maximum atomic E-state index is 12.0. The molecular formula is C16H11Cl2NO3. The Labute approximate surface area is 137 Å². The molecule has 0 fully saturated rings. The van der Waals surface area contributed by atoms with Gasteiger partial charge in [0, 0.05) is 29.6 Å². The number of halogens is 2. The maximum Gasteiger partial charge on any atom is 0.231 e. The Morgan fingerprint density at radius 1 is 1.05 bits per heavy atom. The number of nitrogens with one attached hydrogen (secondary N) is 1. The Morgan fingerprint density at radius 3 is 2.68 bits per heavy atom. The highest BCUT2D eigenvalue weighted by molar-refractivity contribution is 6.42. The van der Waals surface area contributed by atoms with Gasteiger partial charge in [-0.15, -0.1) is 0 Å². The van der Waals surface area contributed by atoms with E-state index in [4.69, 9.17) is 32.7 Å². The summed E-state index contributed by atoms with van der Waals surface area (Å²) in [5, 5.41) is 3.77. The van der Waals surface area contributed by atoms with Gasteiger partial charge in [-0.25, -0.2) is 0 Å². The molecule has 2 aromatic rings. The Kier molecular flexibility index (Phi) is 4.22. The molecule has 0 atom stereocenters. The van der Waals surface area contributed by atoms with Crippen LogP contribution < -0.4 is 14.8 Å². The maximum absolute atomic E-state index is 12.0. The van der Waals surface area contributed by atoms with E-state index in [1.165, 1.54) is 12.1 Å². The van der Waals surface area contributed by atoms with Crippen LogP contribution in [0.15, 0.2) is 48.7 Å². The van der Waals surface area contributed by atoms with Crippen molar-refractivity contribution in [3.63, 3.8) is 0 Å². The topological polar surface area (TPSA) is 47.6 Å². The highest BCUT2D eigenvalue weighted by atomic mass is 35.5. The van der Waals surface area contributed by atoms with Gasteiger partial charge in [-0.2, -0.15) is 0 Å². The second-order valence-electron chi connectivity index (χ2n) is 4.54. The van der Waals surface area contributed by atoms with Crippen molar-refractivity contribution in [1.82, 2.24) is 0 Å². The van der Waals surface area contributed by atoms with Crippen LogP contribution in [0.2, 0.25) is 10.0 Å². The van der Waals surface area contributed by atoms with E-state index in [9.17, 15) is 4.79 Å². The molecule has 0 unspecified atom stereocenters. The summed E-state index contributed by atoms with van der Waals surface area (Å²) in [6.07, 6.45) is 2.98. The molecule has 22 heavy (non-hydrogen) atoms. The predicted molar refractivity (Wildman–Crippen MR) is 86.1 cm³/mol. The van der Waals surface area contributed by atoms with Crippen molar-refractivity contribution in [3.05, 3.63) is 64.3 Å². The number of anilines is 1. The number of hydrogen-bond acceptors (Lipinski definition) is 4. The minimum atomic E-state index is -0.174. The van der Waals surface area contributed by atoms with Crippen LogP contribution in [0, 0.1) is 0 Å². The third-order valence-corrected chi connectivity index (χ3v) is 3.80. The molecule has 0 aromatic heterocycles. The fraction of sp³-hybridized carbons (Fsp3) is 0.0625. The van der Waals surface area contributed by atoms with Crippen molar-refractivity contribution in [2.75, 3.05) is 12.1 Å². The van der Waals surface area contributed by atoms with Crippen molar-refractivity contribution in [2.24, 2.45) is 0 Å². The number of carbonyl (C=O) groups excluding carboxylic acids is 1. The Balaban J connectivity index is 1.66. The first-order valence-electron chi connectivity index (χ1n) is 6.45. The van der Waals surface area contributed by atoms with Crippen LogP contribution in [0.1, 0.15) is 10.4 Å². The van der Waals surface area contributed by atoms with Crippen molar-refractivity contribution in [2.45, 2.75) is 0 Å². The molecule has 6 heteroatoms. The van der Waals surface area contributed by atoms with Gasteiger partial charge in [0.05, 0.1) is 10.0 Å². The summed E-state index contributed by atoms with van der Waals surface area (Å²) in [4.78, 5) is 12.0. The molecule has 112 valence electrons. The highest BCUT2D eigenvalue weighted by Crippen LogP contribution is 2.34. The lowest BCUT2D eigenvalue weighted by Gasteiger charge is -2.02. The Hall–Kier alpha value is -2.17. The summed E-state index contributed by atoms with van der Waals surface area (Å²) < 4.78 is 10.5. The zero-order valence-electron chi connectivity index (χ0n) is 11.3. The lowest BCUT2D eigenvalue weighted by atomic mass is 10.1. The molecule has 0 radical (unpaired) electrons. The predicted octanol–water partition coefficient (Wildman–Crippen LogP) is 4.53. The molecular weight excluding hydrogens is 325 g/mol. The lowest BCUT2D eigenvalue weighted by molar-refractivity contribution is 0.104. The third kappa shape index (κ3) is 3.18. The van der Waals surface area contributed by atoms with Crippen molar-refractivity contribution < 1.29 is 14.3 Å². The molecule has 2 aromatic carbocycles. The van der Waals surface area contributed by atoms with Crippen molar-refractivity contribution in [1.29, 1.82) is 0 Å². The molecule has 0 amide bonds. The van der Waals surface area contributed by atoms with Gasteiger partial charge in [0.15, 0.2) is 17.3 Å². The van der Waals surface area contributed by atoms with Crippen LogP contribution >= 0.6 is 23.2 Å². The van der Waals surface area contributed by atoms with Crippen molar-refractivity contribution in [3.8, 4) is 11.5 Å². The van der Waals surface area contributed by atoms with E-state index >= 15 is 0 Å². The molecule has 3 rings (SSSR count). The van der Waals surface area contributed by atoms with E-state index in [0.717, 1.165) is 5.69 Å². The van der Waals surface area contributed by atoms with E-state index < -0.39 is 0 Å². The normalized spacial score (nSPS) is 12.6. The van der Waals surface area contributed by atoms with Crippen LogP contribution in [0.4, 0.5) is 5.69 Å². The molecule has 0 bridgehead atoms. The number of benzene rings is 2. The van der Waals surface area contributed by atoms with Gasteiger partial charge >= 0.3 is 0 Å². The molecule has 0 aliphatic carbocycles. The minimum absolute atomic E-state index is 0.174. The second-order valence-corrected chi connectivity index (χ2v) is 5.35. The number of fused-ring (bicyclic) bond motifs is 1. The highest BCUT2D eigenvalue weighted by Gasteiger charge is 2.12. The molecule has 1 aliphatic heterocycles. The first-order valence-corrected chi connectivity index (χ1v) is 7.21. The molecule has 0 spiro atoms. The molecule has 0 saturated carbocycles. The van der Waals surface area contributed by atoms with E-state index in [0.29, 0.717) is 27.1 Å². The quantitative estimate of drug-likeness (QED) is 0.658. The fourth-order valence-electron chi connectivity index (χ4n) is 1.95. The first-order chi connectivity index (χ1) is 10.6. The van der Waals surface area contributed by atoms with Crippen LogP contribution in [0.5, 0.6) is 11.5 Å². The second kappa shape index (κ2) is 6.30. The SMILES string of the molecule is O=C(C=CNc1ccc2c(c1)OCO2)c1ccc(Cl)c(Cl)c1. The summed E-state index contributed by atoms with van der Waals surface area (Å²) >= 11 is 11.7. The minimum Gasteiger partial charge on any atom is -0.454 e. The number of ether oxygens (including phenoxy) is 2. The summed E-state index contributed by atoms with van der Waals surface area (Å²) in [6.45, 7) is 0.227. The molecule has 1 heterocycles. The third-order valence-electron chi connectivity index (χ3n) is 3.06. The van der Waals surface area contributed by atoms with Gasteiger partial charge < -0.3 is 14.8 Å². The number of allylic oxidation sites excluding steroid dienone is 1. The van der Waals surface area contributed by atoms with Gasteiger partial charge in [0.25, 0.3) is 0 Å². The van der Waals surface area contributed by atoms with E-state index in [1.54, 1.807) is 30.5 Å². The monoisotopic (exact) mass is 335 g/mol. The lowest BCUT2D eigenvalue weighted by Crippen LogP contribution is -1.96. The van der Waals surface area contributed by atoms with E-state index in [2.05, 4.69) is 5.32 Å². The Morgan fingerprint density at radius 2 is 1.86 bits per heavy atom. The zero-order chi connectivity index (χ0) is 15.5. The summed E-state index contributed by atoms with van der Waals surface area (Å²) in [5.41, 5.74) is 1.26. The first kappa shape index (κ1) is 14.8. The van der Waals surface area contributed by atoms with Gasteiger partial charge in [-0.1, -0.05) is 23.2 Å². The number of hydrogen-bond donors (Lipinski definition) is 1. The zero-order valence-corrected chi connectivity index (χ0v) is 12.8. The molecule has 1 aliphatic rings. The van der Waals surface area contributed by atoms with E-state index in [1.807, 2.05) is 6.07 Å². The molecule has 4 nitrogen and oxygen atoms in total. The average Bonchev–Trinajstić information content (AvgIpc) is 2.97. The van der Waals surface area contributed by atoms with Crippen molar-refractivity contribution >= 4 is 34.7 Å². The smallest absolute Gasteiger partial charge is 0.231 e. The largest absolute Gasteiger partial charge is 0.454 e. The average molecular weight is 336 g/mol. The van der Waals surface area contributed by atoms with E-state index in [-0.39, 0.29) is 12.6 Å². The van der Waals surface area contributed by atoms with Crippen LogP contribution in [0.3, 0.4) is 0 Å². The fourth-order valence-corrected chi connectivity index (χ4v) is 2.24. The van der Waals surface area contributed by atoms with Gasteiger partial charge in [0.2, 0.25) is 6.79 Å². The standard InChI is InChI=1S/C16H11Cl2NO3/c17-12-3-1-10(7-13(12)18)14(20)5-6-19-11-2-4-15-16(8-11)22-9-21-15/h1-8,19H,9H2. The summed E-state index contributed by atoms with van der Waals surface area (Å²) in [5.74, 6) is 1.21. The van der Waals surface area contributed by atoms with Gasteiger partial charge in [0.1, 0.15) is 0 Å². The number of ketones is 1. The van der Waals surface area contributed by atoms with Gasteiger partial charge in [-0.3, -0.25) is 4.79 Å². The molecule has 1 N–H and O–H groups in total. The summed E-state index contributed by atoms with van der Waals surface area (Å²) in [7, 11) is 0. The summed E-state index contributed by atoms with van der Waals surface area (Å²) in [6, 6.07) is 10.2.